The summed E-state index contributed by atoms with van der Waals surface area (Å²) in [5.74, 6) is 0. The first-order valence-electron chi connectivity index (χ1n) is 6.44. The van der Waals surface area contributed by atoms with E-state index >= 15 is 0 Å². The van der Waals surface area contributed by atoms with E-state index < -0.39 is 0 Å². The maximum Gasteiger partial charge on any atom is 0.321 e. The summed E-state index contributed by atoms with van der Waals surface area (Å²) >= 11 is 11.8. The molecule has 2 amide bonds. The summed E-state index contributed by atoms with van der Waals surface area (Å²) < 4.78 is 0. The van der Waals surface area contributed by atoms with Crippen molar-refractivity contribution in [2.75, 3.05) is 38.0 Å². The van der Waals surface area contributed by atoms with E-state index in [0.29, 0.717) is 28.8 Å². The van der Waals surface area contributed by atoms with Gasteiger partial charge in [0.05, 0.1) is 10.0 Å². The lowest BCUT2D eigenvalue weighted by Crippen LogP contribution is -2.49. The molecule has 1 aliphatic rings. The molecule has 1 saturated heterocycles. The molecule has 1 N–H and O–H groups in total. The van der Waals surface area contributed by atoms with Crippen LogP contribution in [0.4, 0.5) is 10.5 Å². The van der Waals surface area contributed by atoms with E-state index in [4.69, 9.17) is 23.2 Å². The van der Waals surface area contributed by atoms with E-state index in [0.717, 1.165) is 19.6 Å². The van der Waals surface area contributed by atoms with Gasteiger partial charge in [-0.05, 0) is 18.2 Å². The number of halogens is 2. The number of hydrogen-bond donors (Lipinski definition) is 1. The van der Waals surface area contributed by atoms with Crippen LogP contribution in [0.3, 0.4) is 0 Å². The summed E-state index contributed by atoms with van der Waals surface area (Å²) in [6.45, 7) is 7.73. The minimum Gasteiger partial charge on any atom is -0.322 e. The van der Waals surface area contributed by atoms with E-state index in [1.165, 1.54) is 0 Å². The van der Waals surface area contributed by atoms with Crippen molar-refractivity contribution in [3.63, 3.8) is 0 Å². The number of anilines is 1. The van der Waals surface area contributed by atoms with Crippen LogP contribution in [0.1, 0.15) is 0 Å². The van der Waals surface area contributed by atoms with Crippen LogP contribution in [0.5, 0.6) is 0 Å². The number of hydrogen-bond acceptors (Lipinski definition) is 2. The highest BCUT2D eigenvalue weighted by atomic mass is 35.5. The average Bonchev–Trinajstić information content (AvgIpc) is 2.44. The highest BCUT2D eigenvalue weighted by molar-refractivity contribution is 6.42. The molecule has 0 aliphatic carbocycles. The number of carbonyl (C=O) groups excluding carboxylic acids is 1. The Bertz CT molecular complexity index is 499. The van der Waals surface area contributed by atoms with Crippen molar-refractivity contribution in [3.05, 3.63) is 40.9 Å². The number of carbonyl (C=O) groups is 1. The van der Waals surface area contributed by atoms with Gasteiger partial charge in [-0.1, -0.05) is 29.3 Å². The van der Waals surface area contributed by atoms with Crippen molar-refractivity contribution >= 4 is 34.9 Å². The summed E-state index contributed by atoms with van der Waals surface area (Å²) in [4.78, 5) is 16.2. The Morgan fingerprint density at radius 1 is 1.25 bits per heavy atom. The van der Waals surface area contributed by atoms with Crippen molar-refractivity contribution in [3.8, 4) is 0 Å². The molecule has 1 fully saturated rings. The molecular formula is C14H17Cl2N3O. The third-order valence-electron chi connectivity index (χ3n) is 3.22. The molecule has 0 atom stereocenters. The Balaban J connectivity index is 1.89. The Hall–Kier alpha value is -1.23. The van der Waals surface area contributed by atoms with Crippen molar-refractivity contribution in [1.29, 1.82) is 0 Å². The lowest BCUT2D eigenvalue weighted by atomic mass is 10.3. The smallest absolute Gasteiger partial charge is 0.321 e. The van der Waals surface area contributed by atoms with Crippen molar-refractivity contribution in [1.82, 2.24) is 9.80 Å². The second-order valence-electron chi connectivity index (χ2n) is 4.64. The number of urea groups is 1. The maximum absolute atomic E-state index is 12.1. The van der Waals surface area contributed by atoms with E-state index in [9.17, 15) is 4.79 Å². The number of benzene rings is 1. The topological polar surface area (TPSA) is 35.6 Å². The third kappa shape index (κ3) is 3.88. The Morgan fingerprint density at radius 2 is 1.95 bits per heavy atom. The fourth-order valence-electron chi connectivity index (χ4n) is 2.09. The molecular weight excluding hydrogens is 297 g/mol. The summed E-state index contributed by atoms with van der Waals surface area (Å²) in [5.41, 5.74) is 0.651. The van der Waals surface area contributed by atoms with Gasteiger partial charge in [-0.25, -0.2) is 4.79 Å². The van der Waals surface area contributed by atoms with Crippen LogP contribution < -0.4 is 5.32 Å². The lowest BCUT2D eigenvalue weighted by Gasteiger charge is -2.34. The van der Waals surface area contributed by atoms with Crippen LogP contribution >= 0.6 is 23.2 Å². The van der Waals surface area contributed by atoms with Crippen molar-refractivity contribution in [2.24, 2.45) is 0 Å². The van der Waals surface area contributed by atoms with Crippen molar-refractivity contribution < 1.29 is 4.79 Å². The molecule has 0 radical (unpaired) electrons. The summed E-state index contributed by atoms with van der Waals surface area (Å²) in [7, 11) is 0. The van der Waals surface area contributed by atoms with Crippen LogP contribution in [0.15, 0.2) is 30.9 Å². The quantitative estimate of drug-likeness (QED) is 0.869. The van der Waals surface area contributed by atoms with Crippen LogP contribution in [0.25, 0.3) is 0 Å². The van der Waals surface area contributed by atoms with Gasteiger partial charge < -0.3 is 10.2 Å². The van der Waals surface area contributed by atoms with Crippen LogP contribution in [0.2, 0.25) is 10.0 Å². The Labute approximate surface area is 128 Å². The van der Waals surface area contributed by atoms with Gasteiger partial charge in [-0.15, -0.1) is 6.58 Å². The minimum atomic E-state index is -0.110. The lowest BCUT2D eigenvalue weighted by molar-refractivity contribution is 0.156. The maximum atomic E-state index is 12.1. The highest BCUT2D eigenvalue weighted by Crippen LogP contribution is 2.25. The number of piperazine rings is 1. The SMILES string of the molecule is C=CCN1CCN(C(=O)Nc2ccc(Cl)c(Cl)c2)CC1. The molecule has 0 unspecified atom stereocenters. The zero-order valence-electron chi connectivity index (χ0n) is 11.1. The van der Waals surface area contributed by atoms with Gasteiger partial charge in [0.25, 0.3) is 0 Å². The molecule has 108 valence electrons. The molecule has 0 bridgehead atoms. The Morgan fingerprint density at radius 3 is 2.55 bits per heavy atom. The molecule has 6 heteroatoms. The Kier molecular flexibility index (Phi) is 5.29. The number of rotatable bonds is 3. The van der Waals surface area contributed by atoms with Gasteiger partial charge in [-0.2, -0.15) is 0 Å². The fraction of sp³-hybridized carbons (Fsp3) is 0.357. The number of nitrogens with one attached hydrogen (secondary N) is 1. The predicted octanol–water partition coefficient (Wildman–Crippen LogP) is 3.33. The fourth-order valence-corrected chi connectivity index (χ4v) is 2.39. The second kappa shape index (κ2) is 6.97. The molecule has 1 aliphatic heterocycles. The van der Waals surface area contributed by atoms with Gasteiger partial charge in [-0.3, -0.25) is 4.90 Å². The molecule has 1 aromatic rings. The second-order valence-corrected chi connectivity index (χ2v) is 5.45. The van der Waals surface area contributed by atoms with E-state index in [1.54, 1.807) is 23.1 Å². The first-order valence-corrected chi connectivity index (χ1v) is 7.20. The van der Waals surface area contributed by atoms with E-state index in [1.807, 2.05) is 6.08 Å². The van der Waals surface area contributed by atoms with Gasteiger partial charge in [0, 0.05) is 38.4 Å². The van der Waals surface area contributed by atoms with Crippen LogP contribution in [-0.2, 0) is 0 Å². The largest absolute Gasteiger partial charge is 0.322 e. The molecule has 2 rings (SSSR count). The number of nitrogens with zero attached hydrogens (tertiary/aromatic N) is 2. The highest BCUT2D eigenvalue weighted by Gasteiger charge is 2.20. The average molecular weight is 314 g/mol. The van der Waals surface area contributed by atoms with Crippen LogP contribution in [-0.4, -0.2) is 48.6 Å². The zero-order valence-corrected chi connectivity index (χ0v) is 12.6. The summed E-state index contributed by atoms with van der Waals surface area (Å²) in [5, 5.41) is 3.74. The van der Waals surface area contributed by atoms with Crippen LogP contribution in [0, 0.1) is 0 Å². The van der Waals surface area contributed by atoms with E-state index in [-0.39, 0.29) is 6.03 Å². The van der Waals surface area contributed by atoms with Gasteiger partial charge in [0.1, 0.15) is 0 Å². The van der Waals surface area contributed by atoms with Gasteiger partial charge in [0.15, 0.2) is 0 Å². The summed E-state index contributed by atoms with van der Waals surface area (Å²) in [6.07, 6.45) is 1.88. The molecule has 1 aromatic carbocycles. The zero-order chi connectivity index (χ0) is 14.5. The molecule has 1 heterocycles. The monoisotopic (exact) mass is 313 g/mol. The first-order chi connectivity index (χ1) is 9.60. The van der Waals surface area contributed by atoms with Gasteiger partial charge >= 0.3 is 6.03 Å². The molecule has 4 nitrogen and oxygen atoms in total. The van der Waals surface area contributed by atoms with Gasteiger partial charge in [0.2, 0.25) is 0 Å². The summed E-state index contributed by atoms with van der Waals surface area (Å²) in [6, 6.07) is 4.94. The molecule has 0 saturated carbocycles. The normalized spacial score (nSPS) is 16.0. The van der Waals surface area contributed by atoms with Crippen molar-refractivity contribution in [2.45, 2.75) is 0 Å². The van der Waals surface area contributed by atoms with E-state index in [2.05, 4.69) is 16.8 Å². The molecule has 20 heavy (non-hydrogen) atoms. The molecule has 0 spiro atoms. The first kappa shape index (κ1) is 15.2. The number of amides is 2. The predicted molar refractivity (Wildman–Crippen MR) is 83.7 cm³/mol. The third-order valence-corrected chi connectivity index (χ3v) is 3.96. The minimum absolute atomic E-state index is 0.110. The molecule has 0 aromatic heterocycles. The standard InChI is InChI=1S/C14H17Cl2N3O/c1-2-5-18-6-8-19(9-7-18)14(20)17-11-3-4-12(15)13(16)10-11/h2-4,10H,1,5-9H2,(H,17,20).